The molecule has 0 aromatic heterocycles. The van der Waals surface area contributed by atoms with Crippen LogP contribution >= 0.6 is 0 Å². The standard InChI is InChI=1S/C23H32/c1-3-4-5-6-7-19-9-12-20(13-10-19)22-15-14-21-16-18(2)8-11-23(21)17-22/h8,11,14-17,19-20H,3-7,9-10,12-13H2,1-2H3/t19-,20-. The van der Waals surface area contributed by atoms with Crippen molar-refractivity contribution in [2.75, 3.05) is 0 Å². The zero-order valence-electron chi connectivity index (χ0n) is 15.0. The lowest BCUT2D eigenvalue weighted by molar-refractivity contribution is 0.302. The summed E-state index contributed by atoms with van der Waals surface area (Å²) in [6.45, 7) is 4.48. The second-order valence-electron chi connectivity index (χ2n) is 7.68. The first kappa shape index (κ1) is 16.6. The van der Waals surface area contributed by atoms with Crippen LogP contribution in [0.15, 0.2) is 36.4 Å². The molecule has 0 unspecified atom stereocenters. The molecule has 0 bridgehead atoms. The van der Waals surface area contributed by atoms with Gasteiger partial charge in [-0.2, -0.15) is 0 Å². The molecule has 1 aliphatic rings. The van der Waals surface area contributed by atoms with Gasteiger partial charge in [-0.1, -0.05) is 81.0 Å². The summed E-state index contributed by atoms with van der Waals surface area (Å²) in [6.07, 6.45) is 12.8. The van der Waals surface area contributed by atoms with Crippen molar-refractivity contribution in [3.63, 3.8) is 0 Å². The molecule has 124 valence electrons. The predicted octanol–water partition coefficient (Wildman–Crippen LogP) is 7.39. The molecule has 2 aromatic carbocycles. The van der Waals surface area contributed by atoms with Gasteiger partial charge < -0.3 is 0 Å². The Labute approximate surface area is 142 Å². The van der Waals surface area contributed by atoms with Gasteiger partial charge in [-0.25, -0.2) is 0 Å². The quantitative estimate of drug-likeness (QED) is 0.488. The fraction of sp³-hybridized carbons (Fsp3) is 0.565. The summed E-state index contributed by atoms with van der Waals surface area (Å²) in [7, 11) is 0. The van der Waals surface area contributed by atoms with Crippen molar-refractivity contribution in [1.29, 1.82) is 0 Å². The van der Waals surface area contributed by atoms with Crippen molar-refractivity contribution in [3.8, 4) is 0 Å². The lowest BCUT2D eigenvalue weighted by atomic mass is 9.76. The van der Waals surface area contributed by atoms with E-state index in [4.69, 9.17) is 0 Å². The van der Waals surface area contributed by atoms with Gasteiger partial charge >= 0.3 is 0 Å². The van der Waals surface area contributed by atoms with E-state index in [9.17, 15) is 0 Å². The summed E-state index contributed by atoms with van der Waals surface area (Å²) in [6, 6.07) is 14.0. The van der Waals surface area contributed by atoms with E-state index in [1.807, 2.05) is 0 Å². The van der Waals surface area contributed by atoms with Crippen molar-refractivity contribution >= 4 is 10.8 Å². The maximum atomic E-state index is 2.45. The fourth-order valence-electron chi connectivity index (χ4n) is 4.28. The average molecular weight is 309 g/mol. The Bertz CT molecular complexity index is 617. The lowest BCUT2D eigenvalue weighted by Gasteiger charge is -2.29. The van der Waals surface area contributed by atoms with E-state index in [1.54, 1.807) is 5.56 Å². The first-order valence-electron chi connectivity index (χ1n) is 9.76. The smallest absolute Gasteiger partial charge is 0.0162 e. The Hall–Kier alpha value is -1.30. The summed E-state index contributed by atoms with van der Waals surface area (Å²) < 4.78 is 0. The van der Waals surface area contributed by atoms with Crippen molar-refractivity contribution in [2.45, 2.75) is 77.6 Å². The first-order chi connectivity index (χ1) is 11.3. The minimum absolute atomic E-state index is 0.799. The van der Waals surface area contributed by atoms with Gasteiger partial charge in [0.2, 0.25) is 0 Å². The number of unbranched alkanes of at least 4 members (excludes halogenated alkanes) is 3. The zero-order chi connectivity index (χ0) is 16.1. The van der Waals surface area contributed by atoms with E-state index in [1.165, 1.54) is 74.1 Å². The third kappa shape index (κ3) is 4.37. The molecule has 0 amide bonds. The van der Waals surface area contributed by atoms with Crippen LogP contribution in [-0.2, 0) is 0 Å². The number of hydrogen-bond donors (Lipinski definition) is 0. The van der Waals surface area contributed by atoms with Crippen molar-refractivity contribution in [1.82, 2.24) is 0 Å². The molecule has 2 aromatic rings. The van der Waals surface area contributed by atoms with Gasteiger partial charge in [-0.3, -0.25) is 0 Å². The third-order valence-electron chi connectivity index (χ3n) is 5.80. The Morgan fingerprint density at radius 1 is 0.826 bits per heavy atom. The van der Waals surface area contributed by atoms with Gasteiger partial charge in [0.25, 0.3) is 0 Å². The van der Waals surface area contributed by atoms with E-state index in [2.05, 4.69) is 50.2 Å². The molecular formula is C23H32. The van der Waals surface area contributed by atoms with Crippen LogP contribution < -0.4 is 0 Å². The van der Waals surface area contributed by atoms with Crippen LogP contribution in [0.2, 0.25) is 0 Å². The highest BCUT2D eigenvalue weighted by Crippen LogP contribution is 2.38. The normalized spacial score (nSPS) is 21.7. The summed E-state index contributed by atoms with van der Waals surface area (Å²) in [4.78, 5) is 0. The Kier molecular flexibility index (Phi) is 5.75. The van der Waals surface area contributed by atoms with Crippen LogP contribution in [0.25, 0.3) is 10.8 Å². The van der Waals surface area contributed by atoms with Gasteiger partial charge in [-0.05, 0) is 60.8 Å². The monoisotopic (exact) mass is 308 g/mol. The van der Waals surface area contributed by atoms with Crippen molar-refractivity contribution < 1.29 is 0 Å². The molecule has 0 atom stereocenters. The molecule has 1 aliphatic carbocycles. The summed E-state index contributed by atoms with van der Waals surface area (Å²) in [5, 5.41) is 2.80. The molecule has 0 nitrogen and oxygen atoms in total. The van der Waals surface area contributed by atoms with Crippen molar-refractivity contribution in [2.24, 2.45) is 5.92 Å². The van der Waals surface area contributed by atoms with E-state index >= 15 is 0 Å². The molecule has 0 N–H and O–H groups in total. The van der Waals surface area contributed by atoms with Crippen LogP contribution in [-0.4, -0.2) is 0 Å². The first-order valence-corrected chi connectivity index (χ1v) is 9.76. The van der Waals surface area contributed by atoms with Gasteiger partial charge in [0.05, 0.1) is 0 Å². The van der Waals surface area contributed by atoms with Crippen molar-refractivity contribution in [3.05, 3.63) is 47.5 Å². The second kappa shape index (κ2) is 7.99. The summed E-state index contributed by atoms with van der Waals surface area (Å²) in [5.74, 6) is 1.80. The number of aryl methyl sites for hydroxylation is 1. The number of benzene rings is 2. The van der Waals surface area contributed by atoms with Gasteiger partial charge in [0.1, 0.15) is 0 Å². The van der Waals surface area contributed by atoms with Crippen LogP contribution in [0, 0.1) is 12.8 Å². The Morgan fingerprint density at radius 2 is 1.57 bits per heavy atom. The van der Waals surface area contributed by atoms with E-state index in [0.717, 1.165) is 11.8 Å². The van der Waals surface area contributed by atoms with Gasteiger partial charge in [0.15, 0.2) is 0 Å². The summed E-state index contributed by atoms with van der Waals surface area (Å²) in [5.41, 5.74) is 2.93. The van der Waals surface area contributed by atoms with E-state index < -0.39 is 0 Å². The molecule has 0 saturated heterocycles. The lowest BCUT2D eigenvalue weighted by Crippen LogP contribution is -2.13. The third-order valence-corrected chi connectivity index (χ3v) is 5.80. The molecule has 1 fully saturated rings. The minimum Gasteiger partial charge on any atom is -0.0654 e. The molecule has 1 saturated carbocycles. The molecule has 23 heavy (non-hydrogen) atoms. The van der Waals surface area contributed by atoms with E-state index in [0.29, 0.717) is 0 Å². The molecule has 0 heterocycles. The Morgan fingerprint density at radius 3 is 2.35 bits per heavy atom. The highest BCUT2D eigenvalue weighted by atomic mass is 14.3. The zero-order valence-corrected chi connectivity index (χ0v) is 15.0. The fourth-order valence-corrected chi connectivity index (χ4v) is 4.28. The summed E-state index contributed by atoms with van der Waals surface area (Å²) >= 11 is 0. The van der Waals surface area contributed by atoms with Gasteiger partial charge in [0, 0.05) is 0 Å². The molecular weight excluding hydrogens is 276 g/mol. The average Bonchev–Trinajstić information content (AvgIpc) is 2.59. The van der Waals surface area contributed by atoms with Crippen LogP contribution in [0.5, 0.6) is 0 Å². The second-order valence-corrected chi connectivity index (χ2v) is 7.68. The molecule has 3 rings (SSSR count). The van der Waals surface area contributed by atoms with E-state index in [-0.39, 0.29) is 0 Å². The van der Waals surface area contributed by atoms with Crippen LogP contribution in [0.1, 0.15) is 81.8 Å². The number of fused-ring (bicyclic) bond motifs is 1. The highest BCUT2D eigenvalue weighted by molar-refractivity contribution is 5.83. The highest BCUT2D eigenvalue weighted by Gasteiger charge is 2.22. The number of rotatable bonds is 6. The molecule has 0 radical (unpaired) electrons. The maximum absolute atomic E-state index is 2.45. The molecule has 0 heteroatoms. The topological polar surface area (TPSA) is 0 Å². The number of hydrogen-bond acceptors (Lipinski definition) is 0. The Balaban J connectivity index is 1.56. The maximum Gasteiger partial charge on any atom is -0.0162 e. The van der Waals surface area contributed by atoms with Gasteiger partial charge in [-0.15, -0.1) is 0 Å². The molecule has 0 spiro atoms. The largest absolute Gasteiger partial charge is 0.0654 e. The van der Waals surface area contributed by atoms with Crippen LogP contribution in [0.4, 0.5) is 0 Å². The predicted molar refractivity (Wildman–Crippen MR) is 102 cm³/mol. The SMILES string of the molecule is CCCCCC[C@H]1CC[C@H](c2ccc3cc(C)ccc3c2)CC1. The molecule has 0 aliphatic heterocycles. The van der Waals surface area contributed by atoms with Crippen LogP contribution in [0.3, 0.4) is 0 Å². The minimum atomic E-state index is 0.799.